The van der Waals surface area contributed by atoms with Crippen molar-refractivity contribution >= 4 is 11.7 Å². The molecular formula is C17H21N3O. The number of benzene rings is 1. The Morgan fingerprint density at radius 3 is 2.43 bits per heavy atom. The number of nitrogens with one attached hydrogen (secondary N) is 1. The number of aromatic nitrogens is 2. The van der Waals surface area contributed by atoms with E-state index in [4.69, 9.17) is 0 Å². The molecule has 0 radical (unpaired) electrons. The summed E-state index contributed by atoms with van der Waals surface area (Å²) in [4.78, 5) is 20.0. The van der Waals surface area contributed by atoms with E-state index in [9.17, 15) is 4.79 Å². The first-order chi connectivity index (χ1) is 10.1. The second kappa shape index (κ2) is 6.97. The highest BCUT2D eigenvalue weighted by Gasteiger charge is 2.15. The molecule has 1 amide bonds. The molecule has 0 aliphatic rings. The number of anilines is 1. The lowest BCUT2D eigenvalue weighted by Gasteiger charge is -2.13. The monoisotopic (exact) mass is 283 g/mol. The molecule has 4 heteroatoms. The molecule has 1 heterocycles. The molecule has 1 N–H and O–H groups in total. The standard InChI is InChI=1S/C17H21N3O/c1-12(2)10-14-4-6-15(7-5-14)13(3)17(21)20-16-8-9-18-11-19-16/h4-9,11-13H,10H2,1-3H3,(H,18,19,20,21). The molecular weight excluding hydrogens is 262 g/mol. The van der Waals surface area contributed by atoms with Crippen LogP contribution in [0.1, 0.15) is 37.8 Å². The lowest BCUT2D eigenvalue weighted by molar-refractivity contribution is -0.117. The molecule has 4 nitrogen and oxygen atoms in total. The minimum atomic E-state index is -0.215. The summed E-state index contributed by atoms with van der Waals surface area (Å²) < 4.78 is 0. The van der Waals surface area contributed by atoms with Crippen molar-refractivity contribution in [2.24, 2.45) is 5.92 Å². The van der Waals surface area contributed by atoms with Gasteiger partial charge in [0.2, 0.25) is 5.91 Å². The van der Waals surface area contributed by atoms with Gasteiger partial charge >= 0.3 is 0 Å². The van der Waals surface area contributed by atoms with Crippen LogP contribution in [0.25, 0.3) is 0 Å². The van der Waals surface area contributed by atoms with Gasteiger partial charge in [-0.15, -0.1) is 0 Å². The minimum Gasteiger partial charge on any atom is -0.310 e. The summed E-state index contributed by atoms with van der Waals surface area (Å²) in [6, 6.07) is 9.94. The molecule has 1 unspecified atom stereocenters. The molecule has 1 aromatic heterocycles. The summed E-state index contributed by atoms with van der Waals surface area (Å²) in [7, 11) is 0. The molecule has 110 valence electrons. The smallest absolute Gasteiger partial charge is 0.232 e. The first-order valence-electron chi connectivity index (χ1n) is 7.22. The Bertz CT molecular complexity index is 579. The van der Waals surface area contributed by atoms with Crippen LogP contribution in [0, 0.1) is 5.92 Å². The number of carbonyl (C=O) groups excluding carboxylic acids is 1. The lowest BCUT2D eigenvalue weighted by atomic mass is 9.96. The van der Waals surface area contributed by atoms with Gasteiger partial charge in [-0.3, -0.25) is 4.79 Å². The predicted octanol–water partition coefficient (Wildman–Crippen LogP) is 3.42. The topological polar surface area (TPSA) is 54.9 Å². The Balaban J connectivity index is 2.02. The molecule has 1 aromatic carbocycles. The minimum absolute atomic E-state index is 0.0645. The maximum atomic E-state index is 12.2. The predicted molar refractivity (Wildman–Crippen MR) is 84.1 cm³/mol. The van der Waals surface area contributed by atoms with Crippen molar-refractivity contribution in [3.8, 4) is 0 Å². The van der Waals surface area contributed by atoms with Crippen LogP contribution in [0.2, 0.25) is 0 Å². The number of carbonyl (C=O) groups is 1. The molecule has 21 heavy (non-hydrogen) atoms. The molecule has 0 spiro atoms. The zero-order valence-electron chi connectivity index (χ0n) is 12.7. The van der Waals surface area contributed by atoms with Crippen molar-refractivity contribution in [2.75, 3.05) is 5.32 Å². The van der Waals surface area contributed by atoms with Gasteiger partial charge in [0.05, 0.1) is 5.92 Å². The van der Waals surface area contributed by atoms with Crippen molar-refractivity contribution in [3.05, 3.63) is 54.0 Å². The summed E-state index contributed by atoms with van der Waals surface area (Å²) in [6.07, 6.45) is 4.08. The van der Waals surface area contributed by atoms with E-state index in [0.29, 0.717) is 11.7 Å². The van der Waals surface area contributed by atoms with Crippen molar-refractivity contribution < 1.29 is 4.79 Å². The normalized spacial score (nSPS) is 12.2. The third-order valence-electron chi connectivity index (χ3n) is 3.35. The second-order valence-electron chi connectivity index (χ2n) is 5.65. The van der Waals surface area contributed by atoms with Crippen LogP contribution in [0.4, 0.5) is 5.82 Å². The van der Waals surface area contributed by atoms with Crippen LogP contribution in [0.3, 0.4) is 0 Å². The third kappa shape index (κ3) is 4.38. The molecule has 0 fully saturated rings. The first-order valence-corrected chi connectivity index (χ1v) is 7.22. The highest BCUT2D eigenvalue weighted by atomic mass is 16.1. The Morgan fingerprint density at radius 1 is 1.14 bits per heavy atom. The second-order valence-corrected chi connectivity index (χ2v) is 5.65. The number of rotatable bonds is 5. The fraction of sp³-hybridized carbons (Fsp3) is 0.353. The van der Waals surface area contributed by atoms with Crippen LogP contribution in [-0.2, 0) is 11.2 Å². The van der Waals surface area contributed by atoms with Gasteiger partial charge in [-0.2, -0.15) is 0 Å². The van der Waals surface area contributed by atoms with Gasteiger partial charge in [0.1, 0.15) is 12.1 Å². The van der Waals surface area contributed by atoms with Crippen LogP contribution in [0.15, 0.2) is 42.9 Å². The summed E-state index contributed by atoms with van der Waals surface area (Å²) in [5.74, 6) is 0.881. The highest BCUT2D eigenvalue weighted by molar-refractivity contribution is 5.94. The molecule has 0 saturated carbocycles. The average molecular weight is 283 g/mol. The van der Waals surface area contributed by atoms with Gasteiger partial charge in [-0.05, 0) is 36.5 Å². The maximum Gasteiger partial charge on any atom is 0.232 e. The van der Waals surface area contributed by atoms with E-state index in [1.54, 1.807) is 12.3 Å². The van der Waals surface area contributed by atoms with E-state index < -0.39 is 0 Å². The van der Waals surface area contributed by atoms with Crippen molar-refractivity contribution in [2.45, 2.75) is 33.1 Å². The van der Waals surface area contributed by atoms with Gasteiger partial charge < -0.3 is 5.32 Å². The summed E-state index contributed by atoms with van der Waals surface area (Å²) in [5, 5.41) is 2.80. The molecule has 0 aliphatic heterocycles. The van der Waals surface area contributed by atoms with Gasteiger partial charge in [0, 0.05) is 6.20 Å². The zero-order chi connectivity index (χ0) is 15.2. The molecule has 1 atom stereocenters. The van der Waals surface area contributed by atoms with Crippen LogP contribution in [-0.4, -0.2) is 15.9 Å². The number of hydrogen-bond donors (Lipinski definition) is 1. The van der Waals surface area contributed by atoms with Gasteiger partial charge in [-0.25, -0.2) is 9.97 Å². The molecule has 0 saturated heterocycles. The van der Waals surface area contributed by atoms with Crippen LogP contribution < -0.4 is 5.32 Å². The lowest BCUT2D eigenvalue weighted by Crippen LogP contribution is -2.19. The molecule has 0 bridgehead atoms. The fourth-order valence-electron chi connectivity index (χ4n) is 2.16. The van der Waals surface area contributed by atoms with Crippen LogP contribution >= 0.6 is 0 Å². The number of nitrogens with zero attached hydrogens (tertiary/aromatic N) is 2. The zero-order valence-corrected chi connectivity index (χ0v) is 12.7. The Morgan fingerprint density at radius 2 is 1.86 bits per heavy atom. The fourth-order valence-corrected chi connectivity index (χ4v) is 2.16. The Hall–Kier alpha value is -2.23. The number of amides is 1. The van der Waals surface area contributed by atoms with E-state index in [0.717, 1.165) is 12.0 Å². The van der Waals surface area contributed by atoms with E-state index >= 15 is 0 Å². The summed E-state index contributed by atoms with van der Waals surface area (Å²) >= 11 is 0. The molecule has 2 rings (SSSR count). The molecule has 2 aromatic rings. The molecule has 0 aliphatic carbocycles. The van der Waals surface area contributed by atoms with E-state index in [-0.39, 0.29) is 11.8 Å². The van der Waals surface area contributed by atoms with Crippen molar-refractivity contribution in [3.63, 3.8) is 0 Å². The van der Waals surface area contributed by atoms with E-state index in [2.05, 4.69) is 41.3 Å². The first kappa shape index (κ1) is 15.2. The largest absolute Gasteiger partial charge is 0.310 e. The third-order valence-corrected chi connectivity index (χ3v) is 3.35. The van der Waals surface area contributed by atoms with Gasteiger partial charge in [0.25, 0.3) is 0 Å². The van der Waals surface area contributed by atoms with E-state index in [1.165, 1.54) is 11.9 Å². The van der Waals surface area contributed by atoms with E-state index in [1.807, 2.05) is 19.1 Å². The number of hydrogen-bond acceptors (Lipinski definition) is 3. The van der Waals surface area contributed by atoms with Gasteiger partial charge in [0.15, 0.2) is 0 Å². The quantitative estimate of drug-likeness (QED) is 0.914. The van der Waals surface area contributed by atoms with Crippen LogP contribution in [0.5, 0.6) is 0 Å². The average Bonchev–Trinajstić information content (AvgIpc) is 2.47. The summed E-state index contributed by atoms with van der Waals surface area (Å²) in [5.41, 5.74) is 2.31. The highest BCUT2D eigenvalue weighted by Crippen LogP contribution is 2.19. The Labute approximate surface area is 125 Å². The summed E-state index contributed by atoms with van der Waals surface area (Å²) in [6.45, 7) is 6.30. The SMILES string of the molecule is CC(C)Cc1ccc(C(C)C(=O)Nc2ccncn2)cc1. The maximum absolute atomic E-state index is 12.2. The van der Waals surface area contributed by atoms with Crippen molar-refractivity contribution in [1.82, 2.24) is 9.97 Å². The van der Waals surface area contributed by atoms with Gasteiger partial charge in [-0.1, -0.05) is 38.1 Å². The van der Waals surface area contributed by atoms with Crippen molar-refractivity contribution in [1.29, 1.82) is 0 Å². The Kier molecular flexibility index (Phi) is 5.04.